The molecule has 0 aliphatic carbocycles. The molecule has 2 aromatic carbocycles. The van der Waals surface area contributed by atoms with Crippen molar-refractivity contribution in [1.29, 1.82) is 0 Å². The molecule has 0 saturated carbocycles. The predicted octanol–water partition coefficient (Wildman–Crippen LogP) is 3.18. The lowest BCUT2D eigenvalue weighted by Crippen LogP contribution is -2.50. The van der Waals surface area contributed by atoms with Crippen molar-refractivity contribution in [3.8, 4) is 5.75 Å². The third-order valence-corrected chi connectivity index (χ3v) is 6.69. The summed E-state index contributed by atoms with van der Waals surface area (Å²) in [6.07, 6.45) is -4.78. The third kappa shape index (κ3) is 6.57. The van der Waals surface area contributed by atoms with Crippen molar-refractivity contribution in [3.63, 3.8) is 0 Å². The quantitative estimate of drug-likeness (QED) is 0.691. The molecule has 0 radical (unpaired) electrons. The van der Waals surface area contributed by atoms with E-state index in [1.807, 2.05) is 0 Å². The molecule has 1 saturated heterocycles. The van der Waals surface area contributed by atoms with Gasteiger partial charge in [0.1, 0.15) is 5.75 Å². The first-order valence-electron chi connectivity index (χ1n) is 9.17. The minimum Gasteiger partial charge on any atom is -0.406 e. The normalized spacial score (nSPS) is 16.1. The Bertz CT molecular complexity index is 1010. The zero-order chi connectivity index (χ0) is 22.6. The first kappa shape index (κ1) is 23.3. The van der Waals surface area contributed by atoms with E-state index < -0.39 is 16.4 Å². The van der Waals surface area contributed by atoms with Crippen molar-refractivity contribution in [2.45, 2.75) is 11.3 Å². The van der Waals surface area contributed by atoms with Crippen LogP contribution in [0.5, 0.6) is 5.75 Å². The monoisotopic (exact) mass is 477 g/mol. The smallest absolute Gasteiger partial charge is 0.406 e. The van der Waals surface area contributed by atoms with Gasteiger partial charge in [0.2, 0.25) is 15.9 Å². The fourth-order valence-electron chi connectivity index (χ4n) is 3.03. The number of anilines is 1. The van der Waals surface area contributed by atoms with E-state index in [2.05, 4.69) is 10.1 Å². The van der Waals surface area contributed by atoms with Crippen LogP contribution in [0.2, 0.25) is 5.02 Å². The minimum atomic E-state index is -4.78. The Kier molecular flexibility index (Phi) is 7.10. The molecule has 1 N–H and O–H groups in total. The van der Waals surface area contributed by atoms with Crippen molar-refractivity contribution >= 4 is 33.2 Å². The molecule has 2 aromatic rings. The number of amides is 1. The van der Waals surface area contributed by atoms with Gasteiger partial charge in [0.15, 0.2) is 0 Å². The summed E-state index contributed by atoms with van der Waals surface area (Å²) < 4.78 is 67.0. The molecule has 0 aromatic heterocycles. The minimum absolute atomic E-state index is 0.0234. The fraction of sp³-hybridized carbons (Fsp3) is 0.316. The molecule has 12 heteroatoms. The van der Waals surface area contributed by atoms with E-state index in [1.54, 1.807) is 4.90 Å². The molecule has 1 aliphatic heterocycles. The summed E-state index contributed by atoms with van der Waals surface area (Å²) in [5.41, 5.74) is 0.323. The van der Waals surface area contributed by atoms with E-state index in [4.69, 9.17) is 11.6 Å². The van der Waals surface area contributed by atoms with Crippen LogP contribution in [0.1, 0.15) is 0 Å². The maximum Gasteiger partial charge on any atom is 0.573 e. The zero-order valence-electron chi connectivity index (χ0n) is 16.1. The summed E-state index contributed by atoms with van der Waals surface area (Å²) in [7, 11) is -3.64. The van der Waals surface area contributed by atoms with Crippen molar-refractivity contribution < 1.29 is 31.1 Å². The number of sulfonamides is 1. The number of nitrogens with zero attached hydrogens (tertiary/aromatic N) is 2. The van der Waals surface area contributed by atoms with Gasteiger partial charge in [-0.15, -0.1) is 13.2 Å². The summed E-state index contributed by atoms with van der Waals surface area (Å²) in [5, 5.41) is 3.03. The third-order valence-electron chi connectivity index (χ3n) is 4.52. The van der Waals surface area contributed by atoms with E-state index in [0.29, 0.717) is 23.8 Å². The molecule has 1 amide bonds. The summed E-state index contributed by atoms with van der Waals surface area (Å²) in [4.78, 5) is 14.2. The van der Waals surface area contributed by atoms with Gasteiger partial charge in [-0.05, 0) is 48.5 Å². The van der Waals surface area contributed by atoms with Crippen LogP contribution < -0.4 is 10.1 Å². The summed E-state index contributed by atoms with van der Waals surface area (Å²) in [5.74, 6) is -0.748. The van der Waals surface area contributed by atoms with Gasteiger partial charge in [-0.3, -0.25) is 9.69 Å². The summed E-state index contributed by atoms with van der Waals surface area (Å²) in [6, 6.07) is 10.7. The van der Waals surface area contributed by atoms with Crippen LogP contribution in [0, 0.1) is 0 Å². The maximum absolute atomic E-state index is 12.7. The van der Waals surface area contributed by atoms with Gasteiger partial charge in [0.25, 0.3) is 0 Å². The number of hydrogen-bond acceptors (Lipinski definition) is 5. The number of carbonyl (C=O) groups excluding carboxylic acids is 1. The van der Waals surface area contributed by atoms with Gasteiger partial charge in [-0.2, -0.15) is 4.31 Å². The molecule has 1 aliphatic rings. The Morgan fingerprint density at radius 3 is 2.13 bits per heavy atom. The molecular formula is C19H19ClF3N3O4S. The number of alkyl halides is 3. The molecule has 0 bridgehead atoms. The van der Waals surface area contributed by atoms with Gasteiger partial charge in [0, 0.05) is 36.9 Å². The van der Waals surface area contributed by atoms with Crippen LogP contribution in [0.25, 0.3) is 0 Å². The SMILES string of the molecule is O=C(CN1CCN(S(=O)(=O)c2ccc(Cl)cc2)CC1)Nc1ccc(OC(F)(F)F)cc1. The van der Waals surface area contributed by atoms with Crippen LogP contribution in [0.4, 0.5) is 18.9 Å². The van der Waals surface area contributed by atoms with Crippen LogP contribution in [-0.2, 0) is 14.8 Å². The first-order valence-corrected chi connectivity index (χ1v) is 11.0. The number of halogens is 4. The standard InChI is InChI=1S/C19H19ClF3N3O4S/c20-14-1-7-17(8-2-14)31(28,29)26-11-9-25(10-12-26)13-18(27)24-15-3-5-16(6-4-15)30-19(21,22)23/h1-8H,9-13H2,(H,24,27). The second kappa shape index (κ2) is 9.43. The van der Waals surface area contributed by atoms with Crippen LogP contribution in [0.3, 0.4) is 0 Å². The highest BCUT2D eigenvalue weighted by atomic mass is 35.5. The highest BCUT2D eigenvalue weighted by molar-refractivity contribution is 7.89. The number of benzene rings is 2. The molecule has 168 valence electrons. The number of hydrogen-bond donors (Lipinski definition) is 1. The second-order valence-electron chi connectivity index (χ2n) is 6.75. The first-order chi connectivity index (χ1) is 14.5. The number of nitrogens with one attached hydrogen (secondary N) is 1. The fourth-order valence-corrected chi connectivity index (χ4v) is 4.58. The molecule has 0 spiro atoms. The molecule has 3 rings (SSSR count). The maximum atomic E-state index is 12.7. The van der Waals surface area contributed by atoms with Crippen LogP contribution >= 0.6 is 11.6 Å². The molecule has 1 fully saturated rings. The highest BCUT2D eigenvalue weighted by Gasteiger charge is 2.31. The molecule has 31 heavy (non-hydrogen) atoms. The Morgan fingerprint density at radius 2 is 1.58 bits per heavy atom. The number of carbonyl (C=O) groups is 1. The van der Waals surface area contributed by atoms with Gasteiger partial charge in [0.05, 0.1) is 11.4 Å². The summed E-state index contributed by atoms with van der Waals surface area (Å²) >= 11 is 5.80. The highest BCUT2D eigenvalue weighted by Crippen LogP contribution is 2.24. The number of ether oxygens (including phenoxy) is 1. The average molecular weight is 478 g/mol. The van der Waals surface area contributed by atoms with Gasteiger partial charge >= 0.3 is 6.36 Å². The predicted molar refractivity (Wildman–Crippen MR) is 108 cm³/mol. The van der Waals surface area contributed by atoms with Gasteiger partial charge < -0.3 is 10.1 Å². The van der Waals surface area contributed by atoms with E-state index in [1.165, 1.54) is 40.7 Å². The van der Waals surface area contributed by atoms with Crippen LogP contribution in [-0.4, -0.2) is 62.6 Å². The lowest BCUT2D eigenvalue weighted by Gasteiger charge is -2.33. The second-order valence-corrected chi connectivity index (χ2v) is 9.13. The Labute approximate surface area is 182 Å². The van der Waals surface area contributed by atoms with E-state index in [9.17, 15) is 26.4 Å². The largest absolute Gasteiger partial charge is 0.573 e. The van der Waals surface area contributed by atoms with Crippen molar-refractivity contribution in [2.75, 3.05) is 38.0 Å². The molecular weight excluding hydrogens is 459 g/mol. The Hall–Kier alpha value is -2.34. The molecule has 0 atom stereocenters. The lowest BCUT2D eigenvalue weighted by atomic mass is 10.3. The van der Waals surface area contributed by atoms with Gasteiger partial charge in [-0.25, -0.2) is 8.42 Å². The number of piperazine rings is 1. The van der Waals surface area contributed by atoms with Crippen molar-refractivity contribution in [2.24, 2.45) is 0 Å². The van der Waals surface area contributed by atoms with E-state index >= 15 is 0 Å². The van der Waals surface area contributed by atoms with E-state index in [0.717, 1.165) is 12.1 Å². The topological polar surface area (TPSA) is 79.0 Å². The Balaban J connectivity index is 1.49. The Morgan fingerprint density at radius 1 is 1.00 bits per heavy atom. The summed E-state index contributed by atoms with van der Waals surface area (Å²) in [6.45, 7) is 1.19. The van der Waals surface area contributed by atoms with Gasteiger partial charge in [-0.1, -0.05) is 11.6 Å². The zero-order valence-corrected chi connectivity index (χ0v) is 17.7. The molecule has 0 unspecified atom stereocenters. The van der Waals surface area contributed by atoms with Crippen molar-refractivity contribution in [1.82, 2.24) is 9.21 Å². The van der Waals surface area contributed by atoms with Crippen LogP contribution in [0.15, 0.2) is 53.4 Å². The molecule has 7 nitrogen and oxygen atoms in total. The average Bonchev–Trinajstić information content (AvgIpc) is 2.69. The lowest BCUT2D eigenvalue weighted by molar-refractivity contribution is -0.274. The molecule has 1 heterocycles. The van der Waals surface area contributed by atoms with Crippen molar-refractivity contribution in [3.05, 3.63) is 53.6 Å². The van der Waals surface area contributed by atoms with E-state index in [-0.39, 0.29) is 36.2 Å². The number of rotatable bonds is 6.